The van der Waals surface area contributed by atoms with Crippen LogP contribution in [0, 0.1) is 6.92 Å². The van der Waals surface area contributed by atoms with Crippen LogP contribution in [0.2, 0.25) is 0 Å². The van der Waals surface area contributed by atoms with E-state index < -0.39 is 0 Å². The van der Waals surface area contributed by atoms with Gasteiger partial charge in [0.2, 0.25) is 0 Å². The van der Waals surface area contributed by atoms with Crippen molar-refractivity contribution in [2.24, 2.45) is 4.03 Å². The molecule has 0 bridgehead atoms. The Balaban J connectivity index is 3.20. The molecule has 0 atom stereocenters. The fourth-order valence-electron chi connectivity index (χ4n) is 1.20. The van der Waals surface area contributed by atoms with E-state index in [9.17, 15) is 0 Å². The summed E-state index contributed by atoms with van der Waals surface area (Å²) in [5.74, 6) is 0.500. The van der Waals surface area contributed by atoms with Crippen molar-refractivity contribution < 1.29 is 15.3 Å². The first-order chi connectivity index (χ1) is 5.65. The van der Waals surface area contributed by atoms with Crippen molar-refractivity contribution >= 4 is 5.69 Å². The van der Waals surface area contributed by atoms with Crippen LogP contribution >= 0.6 is 0 Å². The average molecular weight is 206 g/mol. The van der Waals surface area contributed by atoms with E-state index in [2.05, 4.69) is 52.2 Å². The van der Waals surface area contributed by atoms with Crippen LogP contribution in [0.4, 0.5) is 5.69 Å². The van der Waals surface area contributed by atoms with Gasteiger partial charge in [-0.1, -0.05) is 0 Å². The number of benzene rings is 1. The summed E-state index contributed by atoms with van der Waals surface area (Å²) in [6.45, 7) is 6.36. The van der Waals surface area contributed by atoms with E-state index >= 15 is 0 Å². The van der Waals surface area contributed by atoms with Crippen LogP contribution in [0.25, 0.3) is 0 Å². The molecule has 0 unspecified atom stereocenters. The Hall–Kier alpha value is -0.486. The SMILES string of the molecule is Cc1ccc(C(C)C)c([N]=[Ni])c1. The zero-order valence-corrected chi connectivity index (χ0v) is 8.56. The van der Waals surface area contributed by atoms with Crippen LogP contribution in [0.5, 0.6) is 0 Å². The zero-order chi connectivity index (χ0) is 9.14. The first-order valence-electron chi connectivity index (χ1n) is 4.05. The molecule has 0 aliphatic carbocycles. The van der Waals surface area contributed by atoms with E-state index in [4.69, 9.17) is 0 Å². The second kappa shape index (κ2) is 3.95. The third kappa shape index (κ3) is 2.01. The number of hydrogen-bond acceptors (Lipinski definition) is 1. The van der Waals surface area contributed by atoms with E-state index in [-0.39, 0.29) is 0 Å². The fraction of sp³-hybridized carbons (Fsp3) is 0.400. The summed E-state index contributed by atoms with van der Waals surface area (Å²) < 4.78 is 3.88. The van der Waals surface area contributed by atoms with Crippen LogP contribution in [0.3, 0.4) is 0 Å². The maximum atomic E-state index is 4.42. The molecule has 12 heavy (non-hydrogen) atoms. The van der Waals surface area contributed by atoms with Gasteiger partial charge in [-0.2, -0.15) is 0 Å². The van der Waals surface area contributed by atoms with Gasteiger partial charge in [-0.25, -0.2) is 0 Å². The van der Waals surface area contributed by atoms with Gasteiger partial charge in [0, 0.05) is 0 Å². The molecular weight excluding hydrogens is 193 g/mol. The van der Waals surface area contributed by atoms with Crippen molar-refractivity contribution in [1.29, 1.82) is 0 Å². The van der Waals surface area contributed by atoms with Crippen LogP contribution < -0.4 is 0 Å². The van der Waals surface area contributed by atoms with Gasteiger partial charge in [-0.3, -0.25) is 0 Å². The van der Waals surface area contributed by atoms with Gasteiger partial charge in [-0.05, 0) is 0 Å². The van der Waals surface area contributed by atoms with Crippen molar-refractivity contribution in [2.45, 2.75) is 26.7 Å². The molecule has 0 amide bonds. The number of rotatable bonds is 2. The Morgan fingerprint density at radius 2 is 2.00 bits per heavy atom. The minimum atomic E-state index is 0.500. The molecule has 0 aliphatic heterocycles. The molecule has 0 fully saturated rings. The normalized spacial score (nSPS) is 10.5. The molecule has 68 valence electrons. The van der Waals surface area contributed by atoms with Crippen LogP contribution in [0.15, 0.2) is 22.2 Å². The van der Waals surface area contributed by atoms with Gasteiger partial charge in [0.25, 0.3) is 0 Å². The minimum absolute atomic E-state index is 0.500. The third-order valence-corrected chi connectivity index (χ3v) is 2.12. The standard InChI is InChI=1S/C10H13N.Ni/c1-7(2)9-5-4-8(3)6-10(9)11;/h4-7H,1-3H3;. The molecule has 0 saturated heterocycles. The Labute approximate surface area is 81.3 Å². The Morgan fingerprint density at radius 1 is 1.33 bits per heavy atom. The predicted octanol–water partition coefficient (Wildman–Crippen LogP) is 3.48. The second-order valence-corrected chi connectivity index (χ2v) is 3.51. The van der Waals surface area contributed by atoms with E-state index in [1.807, 2.05) is 6.07 Å². The summed E-state index contributed by atoms with van der Waals surface area (Å²) in [6.07, 6.45) is 0. The molecule has 1 aromatic carbocycles. The fourth-order valence-corrected chi connectivity index (χ4v) is 1.39. The molecule has 0 saturated carbocycles. The predicted molar refractivity (Wildman–Crippen MR) is 47.4 cm³/mol. The van der Waals surface area contributed by atoms with Crippen molar-refractivity contribution in [3.05, 3.63) is 29.3 Å². The van der Waals surface area contributed by atoms with Gasteiger partial charge >= 0.3 is 81.0 Å². The van der Waals surface area contributed by atoms with E-state index in [1.165, 1.54) is 11.1 Å². The first kappa shape index (κ1) is 9.60. The molecule has 1 rings (SSSR count). The molecule has 0 heterocycles. The quantitative estimate of drug-likeness (QED) is 0.656. The Bertz CT molecular complexity index is 292. The first-order valence-corrected chi connectivity index (χ1v) is 4.49. The summed E-state index contributed by atoms with van der Waals surface area (Å²) in [4.78, 5) is 0. The van der Waals surface area contributed by atoms with Gasteiger partial charge in [0.05, 0.1) is 0 Å². The zero-order valence-electron chi connectivity index (χ0n) is 7.57. The topological polar surface area (TPSA) is 12.4 Å². The molecule has 0 aliphatic rings. The summed E-state index contributed by atoms with van der Waals surface area (Å²) >= 11 is 4.42. The molecule has 0 spiro atoms. The second-order valence-electron chi connectivity index (χ2n) is 3.29. The summed E-state index contributed by atoms with van der Waals surface area (Å²) in [5, 5.41) is 0. The molecule has 0 aromatic heterocycles. The number of hydrogen-bond donors (Lipinski definition) is 0. The number of nitrogens with zero attached hydrogens (tertiary/aromatic N) is 1. The molecule has 1 aromatic rings. The Morgan fingerprint density at radius 3 is 2.50 bits per heavy atom. The van der Waals surface area contributed by atoms with Crippen molar-refractivity contribution in [3.8, 4) is 0 Å². The van der Waals surface area contributed by atoms with Crippen LogP contribution in [-0.2, 0) is 15.3 Å². The van der Waals surface area contributed by atoms with Crippen molar-refractivity contribution in [1.82, 2.24) is 0 Å². The summed E-state index contributed by atoms with van der Waals surface area (Å²) in [5.41, 5.74) is 3.42. The van der Waals surface area contributed by atoms with Gasteiger partial charge in [0.15, 0.2) is 0 Å². The van der Waals surface area contributed by atoms with Crippen molar-refractivity contribution in [3.63, 3.8) is 0 Å². The van der Waals surface area contributed by atoms with Crippen LogP contribution in [0.1, 0.15) is 30.9 Å². The molecule has 2 heteroatoms. The van der Waals surface area contributed by atoms with Gasteiger partial charge in [0.1, 0.15) is 0 Å². The van der Waals surface area contributed by atoms with E-state index in [1.54, 1.807) is 0 Å². The van der Waals surface area contributed by atoms with Crippen LogP contribution in [-0.4, -0.2) is 0 Å². The van der Waals surface area contributed by atoms with Gasteiger partial charge in [-0.15, -0.1) is 0 Å². The third-order valence-electron chi connectivity index (χ3n) is 1.88. The molecule has 0 N–H and O–H groups in total. The summed E-state index contributed by atoms with van der Waals surface area (Å²) in [7, 11) is 0. The maximum absolute atomic E-state index is 4.42. The van der Waals surface area contributed by atoms with E-state index in [0.717, 1.165) is 5.69 Å². The van der Waals surface area contributed by atoms with E-state index in [0.29, 0.717) is 5.92 Å². The molecule has 1 nitrogen and oxygen atoms in total. The summed E-state index contributed by atoms with van der Waals surface area (Å²) in [6, 6.07) is 6.25. The average Bonchev–Trinajstić information content (AvgIpc) is 2.03. The van der Waals surface area contributed by atoms with Gasteiger partial charge < -0.3 is 0 Å². The van der Waals surface area contributed by atoms with Crippen molar-refractivity contribution in [2.75, 3.05) is 0 Å². The number of aryl methyl sites for hydroxylation is 1. The molecule has 0 radical (unpaired) electrons. The molecular formula is C10H13NNi. The monoisotopic (exact) mass is 205 g/mol. The Kier molecular flexibility index (Phi) is 3.16.